The summed E-state index contributed by atoms with van der Waals surface area (Å²) in [5, 5.41) is 0. The standard InChI is InChI=1S/C20H27N3O4/c1-20(2)11-22(9-7-17(20)21)19(25)14-4-3-8-23(14)18(24)13-5-6-15-16(10-13)27-12-26-15/h5-6,10,14,17H,3-4,7-9,11-12,21H2,1-2H3. The molecule has 3 aliphatic heterocycles. The number of carbonyl (C=O) groups is 2. The quantitative estimate of drug-likeness (QED) is 0.851. The van der Waals surface area contributed by atoms with E-state index < -0.39 is 6.04 Å². The van der Waals surface area contributed by atoms with Crippen LogP contribution in [0.4, 0.5) is 0 Å². The number of fused-ring (bicyclic) bond motifs is 1. The van der Waals surface area contributed by atoms with Crippen LogP contribution in [0.25, 0.3) is 0 Å². The van der Waals surface area contributed by atoms with Gasteiger partial charge < -0.3 is 25.0 Å². The SMILES string of the molecule is CC1(C)CN(C(=O)C2CCCN2C(=O)c2ccc3c(c2)OCO3)CCC1N. The highest BCUT2D eigenvalue weighted by atomic mass is 16.7. The average Bonchev–Trinajstić information content (AvgIpc) is 3.31. The Bertz CT molecular complexity index is 764. The molecule has 27 heavy (non-hydrogen) atoms. The molecule has 7 nitrogen and oxygen atoms in total. The van der Waals surface area contributed by atoms with E-state index in [9.17, 15) is 9.59 Å². The summed E-state index contributed by atoms with van der Waals surface area (Å²) in [7, 11) is 0. The van der Waals surface area contributed by atoms with Crippen molar-refractivity contribution in [2.45, 2.75) is 45.2 Å². The number of amides is 2. The Balaban J connectivity index is 1.50. The lowest BCUT2D eigenvalue weighted by Gasteiger charge is -2.44. The van der Waals surface area contributed by atoms with Gasteiger partial charge in [-0.2, -0.15) is 0 Å². The van der Waals surface area contributed by atoms with E-state index in [-0.39, 0.29) is 30.1 Å². The zero-order valence-corrected chi connectivity index (χ0v) is 15.9. The Morgan fingerprint density at radius 2 is 1.93 bits per heavy atom. The van der Waals surface area contributed by atoms with Crippen LogP contribution in [-0.2, 0) is 4.79 Å². The molecule has 0 radical (unpaired) electrons. The lowest BCUT2D eigenvalue weighted by atomic mass is 9.79. The van der Waals surface area contributed by atoms with Crippen molar-refractivity contribution in [3.8, 4) is 11.5 Å². The minimum absolute atomic E-state index is 0.0431. The van der Waals surface area contributed by atoms with E-state index in [0.29, 0.717) is 43.1 Å². The van der Waals surface area contributed by atoms with E-state index in [2.05, 4.69) is 13.8 Å². The fraction of sp³-hybridized carbons (Fsp3) is 0.600. The van der Waals surface area contributed by atoms with Gasteiger partial charge in [-0.1, -0.05) is 13.8 Å². The predicted octanol–water partition coefficient (Wildman–Crippen LogP) is 1.61. The predicted molar refractivity (Wildman–Crippen MR) is 99.6 cm³/mol. The van der Waals surface area contributed by atoms with Gasteiger partial charge in [0.05, 0.1) is 0 Å². The Hall–Kier alpha value is -2.28. The van der Waals surface area contributed by atoms with E-state index in [1.165, 1.54) is 0 Å². The summed E-state index contributed by atoms with van der Waals surface area (Å²) >= 11 is 0. The van der Waals surface area contributed by atoms with Crippen LogP contribution >= 0.6 is 0 Å². The van der Waals surface area contributed by atoms with Crippen molar-refractivity contribution in [2.24, 2.45) is 11.1 Å². The molecular formula is C20H27N3O4. The Labute approximate surface area is 159 Å². The van der Waals surface area contributed by atoms with Gasteiger partial charge in [-0.25, -0.2) is 0 Å². The Kier molecular flexibility index (Phi) is 4.50. The average molecular weight is 373 g/mol. The van der Waals surface area contributed by atoms with E-state index in [0.717, 1.165) is 12.8 Å². The number of ether oxygens (including phenoxy) is 2. The van der Waals surface area contributed by atoms with Crippen molar-refractivity contribution < 1.29 is 19.1 Å². The number of carbonyl (C=O) groups excluding carboxylic acids is 2. The van der Waals surface area contributed by atoms with Gasteiger partial charge in [0.1, 0.15) is 6.04 Å². The van der Waals surface area contributed by atoms with Gasteiger partial charge in [-0.15, -0.1) is 0 Å². The van der Waals surface area contributed by atoms with Crippen LogP contribution in [0.1, 0.15) is 43.5 Å². The molecule has 3 aliphatic rings. The van der Waals surface area contributed by atoms with Crippen molar-refractivity contribution in [1.82, 2.24) is 9.80 Å². The van der Waals surface area contributed by atoms with Crippen LogP contribution in [0.3, 0.4) is 0 Å². The van der Waals surface area contributed by atoms with Gasteiger partial charge in [0, 0.05) is 31.2 Å². The molecule has 0 spiro atoms. The highest BCUT2D eigenvalue weighted by Gasteiger charge is 2.41. The summed E-state index contributed by atoms with van der Waals surface area (Å²) in [6.07, 6.45) is 2.34. The number of rotatable bonds is 2. The number of benzene rings is 1. The maximum absolute atomic E-state index is 13.2. The Morgan fingerprint density at radius 3 is 2.70 bits per heavy atom. The van der Waals surface area contributed by atoms with Gasteiger partial charge in [-0.3, -0.25) is 9.59 Å². The van der Waals surface area contributed by atoms with Crippen LogP contribution in [0.5, 0.6) is 11.5 Å². The molecule has 3 heterocycles. The number of nitrogens with zero attached hydrogens (tertiary/aromatic N) is 2. The zero-order chi connectivity index (χ0) is 19.2. The fourth-order valence-corrected chi connectivity index (χ4v) is 4.23. The minimum Gasteiger partial charge on any atom is -0.454 e. The third-order valence-corrected chi connectivity index (χ3v) is 6.04. The van der Waals surface area contributed by atoms with Crippen molar-refractivity contribution in [2.75, 3.05) is 26.4 Å². The van der Waals surface area contributed by atoms with Crippen molar-refractivity contribution in [1.29, 1.82) is 0 Å². The molecule has 146 valence electrons. The van der Waals surface area contributed by atoms with Crippen LogP contribution in [0.15, 0.2) is 18.2 Å². The van der Waals surface area contributed by atoms with Gasteiger partial charge in [0.15, 0.2) is 11.5 Å². The third-order valence-electron chi connectivity index (χ3n) is 6.04. The maximum Gasteiger partial charge on any atom is 0.254 e. The molecule has 2 saturated heterocycles. The van der Waals surface area contributed by atoms with Gasteiger partial charge in [0.2, 0.25) is 12.7 Å². The molecule has 1 aromatic rings. The lowest BCUT2D eigenvalue weighted by Crippen LogP contribution is -2.57. The highest BCUT2D eigenvalue weighted by Crippen LogP contribution is 2.34. The second-order valence-electron chi connectivity index (χ2n) is 8.37. The summed E-state index contributed by atoms with van der Waals surface area (Å²) in [5.41, 5.74) is 6.62. The molecule has 2 amide bonds. The van der Waals surface area contributed by atoms with E-state index in [1.54, 1.807) is 23.1 Å². The molecule has 0 aliphatic carbocycles. The number of piperidine rings is 1. The molecule has 2 atom stereocenters. The largest absolute Gasteiger partial charge is 0.454 e. The minimum atomic E-state index is -0.395. The van der Waals surface area contributed by atoms with Crippen molar-refractivity contribution in [3.05, 3.63) is 23.8 Å². The smallest absolute Gasteiger partial charge is 0.254 e. The molecule has 1 aromatic carbocycles. The first kappa shape index (κ1) is 18.1. The van der Waals surface area contributed by atoms with Gasteiger partial charge in [-0.05, 0) is 42.9 Å². The van der Waals surface area contributed by atoms with Crippen LogP contribution in [-0.4, -0.2) is 60.1 Å². The number of hydrogen-bond acceptors (Lipinski definition) is 5. The lowest BCUT2D eigenvalue weighted by molar-refractivity contribution is -0.138. The first-order chi connectivity index (χ1) is 12.9. The van der Waals surface area contributed by atoms with Crippen LogP contribution in [0, 0.1) is 5.41 Å². The van der Waals surface area contributed by atoms with E-state index in [4.69, 9.17) is 15.2 Å². The first-order valence-electron chi connectivity index (χ1n) is 9.62. The topological polar surface area (TPSA) is 85.1 Å². The van der Waals surface area contributed by atoms with E-state index >= 15 is 0 Å². The van der Waals surface area contributed by atoms with Crippen LogP contribution < -0.4 is 15.2 Å². The monoisotopic (exact) mass is 373 g/mol. The molecule has 7 heteroatoms. The number of likely N-dealkylation sites (tertiary alicyclic amines) is 2. The van der Waals surface area contributed by atoms with Crippen LogP contribution in [0.2, 0.25) is 0 Å². The molecule has 0 aromatic heterocycles. The van der Waals surface area contributed by atoms with Gasteiger partial charge in [0.25, 0.3) is 5.91 Å². The van der Waals surface area contributed by atoms with E-state index in [1.807, 2.05) is 4.90 Å². The number of hydrogen-bond donors (Lipinski definition) is 1. The maximum atomic E-state index is 13.2. The second-order valence-corrected chi connectivity index (χ2v) is 8.37. The second kappa shape index (κ2) is 6.71. The summed E-state index contributed by atoms with van der Waals surface area (Å²) in [6.45, 7) is 6.26. The first-order valence-corrected chi connectivity index (χ1v) is 9.62. The summed E-state index contributed by atoms with van der Waals surface area (Å²) in [6, 6.07) is 4.88. The molecule has 4 rings (SSSR count). The molecule has 0 saturated carbocycles. The fourth-order valence-electron chi connectivity index (χ4n) is 4.23. The summed E-state index contributed by atoms with van der Waals surface area (Å²) in [5.74, 6) is 1.14. The normalized spacial score (nSPS) is 26.3. The van der Waals surface area contributed by atoms with Crippen molar-refractivity contribution in [3.63, 3.8) is 0 Å². The summed E-state index contributed by atoms with van der Waals surface area (Å²) < 4.78 is 10.7. The highest BCUT2D eigenvalue weighted by molar-refractivity contribution is 5.98. The molecule has 2 unspecified atom stereocenters. The molecule has 2 N–H and O–H groups in total. The van der Waals surface area contributed by atoms with Gasteiger partial charge >= 0.3 is 0 Å². The van der Waals surface area contributed by atoms with Crippen molar-refractivity contribution >= 4 is 11.8 Å². The molecular weight excluding hydrogens is 346 g/mol. The zero-order valence-electron chi connectivity index (χ0n) is 15.9. The third kappa shape index (κ3) is 3.25. The molecule has 0 bridgehead atoms. The Morgan fingerprint density at radius 1 is 1.15 bits per heavy atom. The molecule has 2 fully saturated rings. The number of nitrogens with two attached hydrogens (primary N) is 1. The summed E-state index contributed by atoms with van der Waals surface area (Å²) in [4.78, 5) is 29.8.